The lowest BCUT2D eigenvalue weighted by atomic mass is 10.1. The van der Waals surface area contributed by atoms with Gasteiger partial charge >= 0.3 is 0 Å². The highest BCUT2D eigenvalue weighted by atomic mass is 32.2. The highest BCUT2D eigenvalue weighted by molar-refractivity contribution is 7.89. The number of ether oxygens (including phenoxy) is 1. The van der Waals surface area contributed by atoms with Gasteiger partial charge in [0.25, 0.3) is 0 Å². The fourth-order valence-corrected chi connectivity index (χ4v) is 6.17. The third kappa shape index (κ3) is 4.43. The minimum atomic E-state index is -3.54. The van der Waals surface area contributed by atoms with E-state index in [0.29, 0.717) is 58.4 Å². The number of aromatic nitrogens is 1. The van der Waals surface area contributed by atoms with Crippen molar-refractivity contribution in [3.8, 4) is 0 Å². The Kier molecular flexibility index (Phi) is 6.35. The van der Waals surface area contributed by atoms with E-state index in [4.69, 9.17) is 4.74 Å². The summed E-state index contributed by atoms with van der Waals surface area (Å²) in [6, 6.07) is 3.39. The first-order chi connectivity index (χ1) is 15.1. The number of anilines is 1. The smallest absolute Gasteiger partial charge is 0.244 e. The molecule has 8 nitrogen and oxygen atoms in total. The Labute approximate surface area is 191 Å². The van der Waals surface area contributed by atoms with E-state index in [2.05, 4.69) is 43.7 Å². The van der Waals surface area contributed by atoms with Crippen molar-refractivity contribution >= 4 is 21.7 Å². The zero-order valence-electron chi connectivity index (χ0n) is 19.5. The van der Waals surface area contributed by atoms with Crippen LogP contribution in [0.4, 0.5) is 5.82 Å². The molecule has 1 saturated carbocycles. The number of amides is 1. The number of morpholine rings is 1. The van der Waals surface area contributed by atoms with Gasteiger partial charge in [0.15, 0.2) is 0 Å². The SMILES string of the molecule is CC(C)=C[C@H]1[C@@H](C(=O)N2CCN(c3ccc(S(=O)(=O)N4CCOCC4)cn3)CC2)C1(C)C. The fourth-order valence-electron chi connectivity index (χ4n) is 4.82. The van der Waals surface area contributed by atoms with Crippen LogP contribution in [0.25, 0.3) is 0 Å². The molecule has 0 unspecified atom stereocenters. The summed E-state index contributed by atoms with van der Waals surface area (Å²) in [6.45, 7) is 12.8. The van der Waals surface area contributed by atoms with Gasteiger partial charge in [0.2, 0.25) is 15.9 Å². The van der Waals surface area contributed by atoms with Crippen LogP contribution in [0, 0.1) is 17.3 Å². The average Bonchev–Trinajstić information content (AvgIpc) is 3.32. The summed E-state index contributed by atoms with van der Waals surface area (Å²) in [4.78, 5) is 21.8. The number of hydrogen-bond acceptors (Lipinski definition) is 6. The maximum Gasteiger partial charge on any atom is 0.244 e. The number of carbonyl (C=O) groups excluding carboxylic acids is 1. The van der Waals surface area contributed by atoms with Gasteiger partial charge in [-0.25, -0.2) is 13.4 Å². The molecule has 1 aromatic heterocycles. The van der Waals surface area contributed by atoms with E-state index in [1.54, 1.807) is 12.1 Å². The summed E-state index contributed by atoms with van der Waals surface area (Å²) in [7, 11) is -3.54. The Bertz CT molecular complexity index is 972. The first kappa shape index (κ1) is 23.2. The number of allylic oxidation sites excluding steroid dienone is 2. The molecular weight excluding hydrogens is 428 g/mol. The van der Waals surface area contributed by atoms with Crippen molar-refractivity contribution < 1.29 is 17.9 Å². The maximum absolute atomic E-state index is 13.1. The van der Waals surface area contributed by atoms with E-state index >= 15 is 0 Å². The molecule has 4 rings (SSSR count). The molecule has 0 bridgehead atoms. The van der Waals surface area contributed by atoms with Gasteiger partial charge in [0.1, 0.15) is 10.7 Å². The average molecular weight is 463 g/mol. The largest absolute Gasteiger partial charge is 0.379 e. The van der Waals surface area contributed by atoms with Crippen LogP contribution in [-0.4, -0.2) is 81.0 Å². The van der Waals surface area contributed by atoms with E-state index in [-0.39, 0.29) is 22.1 Å². The summed E-state index contributed by atoms with van der Waals surface area (Å²) in [5.41, 5.74) is 1.28. The first-order valence-electron chi connectivity index (χ1n) is 11.3. The predicted octanol–water partition coefficient (Wildman–Crippen LogP) is 1.99. The Morgan fingerprint density at radius 2 is 1.75 bits per heavy atom. The summed E-state index contributed by atoms with van der Waals surface area (Å²) in [5, 5.41) is 0. The van der Waals surface area contributed by atoms with Crippen molar-refractivity contribution in [2.24, 2.45) is 17.3 Å². The van der Waals surface area contributed by atoms with E-state index < -0.39 is 10.0 Å². The molecule has 176 valence electrons. The molecule has 3 heterocycles. The molecule has 3 aliphatic rings. The molecule has 9 heteroatoms. The maximum atomic E-state index is 13.1. The van der Waals surface area contributed by atoms with Crippen molar-refractivity contribution in [2.45, 2.75) is 32.6 Å². The van der Waals surface area contributed by atoms with Crippen LogP contribution in [-0.2, 0) is 19.6 Å². The van der Waals surface area contributed by atoms with Crippen molar-refractivity contribution in [3.05, 3.63) is 30.0 Å². The lowest BCUT2D eigenvalue weighted by Gasteiger charge is -2.36. The van der Waals surface area contributed by atoms with Gasteiger partial charge in [-0.2, -0.15) is 4.31 Å². The molecule has 32 heavy (non-hydrogen) atoms. The number of carbonyl (C=O) groups is 1. The Morgan fingerprint density at radius 3 is 2.31 bits per heavy atom. The molecule has 0 N–H and O–H groups in total. The summed E-state index contributed by atoms with van der Waals surface area (Å²) >= 11 is 0. The molecule has 0 spiro atoms. The zero-order valence-corrected chi connectivity index (χ0v) is 20.3. The van der Waals surface area contributed by atoms with E-state index in [9.17, 15) is 13.2 Å². The lowest BCUT2D eigenvalue weighted by Crippen LogP contribution is -2.49. The quantitative estimate of drug-likeness (QED) is 0.623. The molecule has 3 fully saturated rings. The number of nitrogens with zero attached hydrogens (tertiary/aromatic N) is 4. The standard InChI is InChI=1S/C23H34N4O4S/c1-17(2)15-19-21(23(19,3)4)22(28)26-9-7-25(8-10-26)20-6-5-18(16-24-20)32(29,30)27-11-13-31-14-12-27/h5-6,15-16,19,21H,7-14H2,1-4H3/t19-,21-/m0/s1. The van der Waals surface area contributed by atoms with E-state index in [0.717, 1.165) is 5.82 Å². The van der Waals surface area contributed by atoms with E-state index in [1.165, 1.54) is 16.1 Å². The zero-order chi connectivity index (χ0) is 23.1. The number of piperazine rings is 1. The second kappa shape index (κ2) is 8.76. The van der Waals surface area contributed by atoms with Crippen LogP contribution in [0.5, 0.6) is 0 Å². The monoisotopic (exact) mass is 462 g/mol. The van der Waals surface area contributed by atoms with E-state index in [1.807, 2.05) is 4.90 Å². The minimum absolute atomic E-state index is 0.0227. The second-order valence-corrected chi connectivity index (χ2v) is 11.7. The van der Waals surface area contributed by atoms with Crippen molar-refractivity contribution in [3.63, 3.8) is 0 Å². The van der Waals surface area contributed by atoms with Crippen LogP contribution >= 0.6 is 0 Å². The third-order valence-corrected chi connectivity index (χ3v) is 8.82. The molecule has 1 aromatic rings. The van der Waals surface area contributed by atoms with Gasteiger partial charge in [-0.1, -0.05) is 25.5 Å². The highest BCUT2D eigenvalue weighted by Crippen LogP contribution is 2.60. The third-order valence-electron chi connectivity index (χ3n) is 6.93. The molecule has 2 atom stereocenters. The number of rotatable bonds is 5. The molecule has 0 aromatic carbocycles. The van der Waals surface area contributed by atoms with Crippen LogP contribution in [0.2, 0.25) is 0 Å². The summed E-state index contributed by atoms with van der Waals surface area (Å²) < 4.78 is 32.2. The molecular formula is C23H34N4O4S. The van der Waals surface area contributed by atoms with Crippen molar-refractivity contribution in [1.29, 1.82) is 0 Å². The molecule has 1 aliphatic carbocycles. The number of hydrogen-bond donors (Lipinski definition) is 0. The molecule has 0 radical (unpaired) electrons. The summed E-state index contributed by atoms with van der Waals surface area (Å²) in [6.07, 6.45) is 3.67. The van der Waals surface area contributed by atoms with Gasteiger partial charge in [0.05, 0.1) is 19.1 Å². The van der Waals surface area contributed by atoms with Crippen LogP contribution in [0.3, 0.4) is 0 Å². The number of sulfonamides is 1. The van der Waals surface area contributed by atoms with Crippen LogP contribution < -0.4 is 4.90 Å². The lowest BCUT2D eigenvalue weighted by molar-refractivity contribution is -0.133. The van der Waals surface area contributed by atoms with Gasteiger partial charge in [-0.15, -0.1) is 0 Å². The molecule has 1 amide bonds. The second-order valence-electron chi connectivity index (χ2n) is 9.75. The summed E-state index contributed by atoms with van der Waals surface area (Å²) in [5.74, 6) is 1.37. The Balaban J connectivity index is 1.36. The van der Waals surface area contributed by atoms with Gasteiger partial charge < -0.3 is 14.5 Å². The minimum Gasteiger partial charge on any atom is -0.379 e. The molecule has 2 saturated heterocycles. The highest BCUT2D eigenvalue weighted by Gasteiger charge is 2.61. The topological polar surface area (TPSA) is 83.1 Å². The van der Waals surface area contributed by atoms with Gasteiger partial charge in [0, 0.05) is 45.5 Å². The number of pyridine rings is 1. The van der Waals surface area contributed by atoms with Gasteiger partial charge in [-0.05, 0) is 37.3 Å². The first-order valence-corrected chi connectivity index (χ1v) is 12.8. The fraction of sp³-hybridized carbons (Fsp3) is 0.652. The Morgan fingerprint density at radius 1 is 1.09 bits per heavy atom. The Hall–Kier alpha value is -1.97. The predicted molar refractivity (Wildman–Crippen MR) is 123 cm³/mol. The van der Waals surface area contributed by atoms with Crippen molar-refractivity contribution in [1.82, 2.24) is 14.2 Å². The van der Waals surface area contributed by atoms with Crippen LogP contribution in [0.1, 0.15) is 27.7 Å². The van der Waals surface area contributed by atoms with Crippen LogP contribution in [0.15, 0.2) is 34.9 Å². The normalized spacial score (nSPS) is 26.0. The molecule has 2 aliphatic heterocycles. The van der Waals surface area contributed by atoms with Gasteiger partial charge in [-0.3, -0.25) is 4.79 Å². The van der Waals surface area contributed by atoms with Crippen molar-refractivity contribution in [2.75, 3.05) is 57.4 Å².